The number of benzene rings is 2. The SMILES string of the molecule is C[C@H](c1ccccc1)N1C[C@H](C(=O)OCc2ncc(-c3ccccc3)o2)CC1=O. The average molecular weight is 390 g/mol. The van der Waals surface area contributed by atoms with E-state index in [1.54, 1.807) is 11.1 Å². The van der Waals surface area contributed by atoms with Crippen LogP contribution in [-0.4, -0.2) is 28.3 Å². The Bertz CT molecular complexity index is 984. The predicted molar refractivity (Wildman–Crippen MR) is 106 cm³/mol. The molecule has 0 spiro atoms. The van der Waals surface area contributed by atoms with E-state index in [-0.39, 0.29) is 25.0 Å². The van der Waals surface area contributed by atoms with Crippen LogP contribution in [0, 0.1) is 5.92 Å². The third-order valence-electron chi connectivity index (χ3n) is 5.19. The van der Waals surface area contributed by atoms with Crippen molar-refractivity contribution in [2.75, 3.05) is 6.54 Å². The summed E-state index contributed by atoms with van der Waals surface area (Å²) in [7, 11) is 0. The number of oxazole rings is 1. The molecule has 2 aromatic carbocycles. The van der Waals surface area contributed by atoms with E-state index in [2.05, 4.69) is 4.98 Å². The lowest BCUT2D eigenvalue weighted by Crippen LogP contribution is -2.29. The normalized spacial score (nSPS) is 17.3. The van der Waals surface area contributed by atoms with Crippen LogP contribution in [0.3, 0.4) is 0 Å². The second-order valence-electron chi connectivity index (χ2n) is 7.13. The van der Waals surface area contributed by atoms with Gasteiger partial charge in [-0.1, -0.05) is 60.7 Å². The fourth-order valence-corrected chi connectivity index (χ4v) is 3.54. The van der Waals surface area contributed by atoms with Gasteiger partial charge in [0.05, 0.1) is 18.2 Å². The molecule has 0 N–H and O–H groups in total. The smallest absolute Gasteiger partial charge is 0.311 e. The van der Waals surface area contributed by atoms with E-state index in [0.717, 1.165) is 11.1 Å². The molecule has 1 aliphatic heterocycles. The molecule has 3 aromatic rings. The van der Waals surface area contributed by atoms with Crippen LogP contribution in [0.5, 0.6) is 0 Å². The summed E-state index contributed by atoms with van der Waals surface area (Å²) in [6.07, 6.45) is 1.78. The monoisotopic (exact) mass is 390 g/mol. The van der Waals surface area contributed by atoms with Crippen molar-refractivity contribution in [2.24, 2.45) is 5.92 Å². The number of likely N-dealkylation sites (tertiary alicyclic amines) is 1. The van der Waals surface area contributed by atoms with Crippen LogP contribution in [-0.2, 0) is 20.9 Å². The molecule has 1 aliphatic rings. The molecule has 0 radical (unpaired) electrons. The maximum atomic E-state index is 12.5. The van der Waals surface area contributed by atoms with Crippen molar-refractivity contribution in [1.29, 1.82) is 0 Å². The minimum atomic E-state index is -0.475. The predicted octanol–water partition coefficient (Wildman–Crippen LogP) is 3.99. The Morgan fingerprint density at radius 3 is 2.59 bits per heavy atom. The first-order chi connectivity index (χ1) is 14.1. The summed E-state index contributed by atoms with van der Waals surface area (Å²) in [5, 5.41) is 0. The summed E-state index contributed by atoms with van der Waals surface area (Å²) >= 11 is 0. The molecule has 1 amide bonds. The van der Waals surface area contributed by atoms with Gasteiger partial charge in [0, 0.05) is 18.5 Å². The Labute approximate surface area is 169 Å². The van der Waals surface area contributed by atoms with E-state index in [4.69, 9.17) is 9.15 Å². The Morgan fingerprint density at radius 1 is 1.17 bits per heavy atom. The van der Waals surface area contributed by atoms with Crippen molar-refractivity contribution >= 4 is 11.9 Å². The minimum absolute atomic E-state index is 0.0363. The average Bonchev–Trinajstić information content (AvgIpc) is 3.40. The highest BCUT2D eigenvalue weighted by Gasteiger charge is 2.38. The van der Waals surface area contributed by atoms with Gasteiger partial charge in [-0.05, 0) is 12.5 Å². The van der Waals surface area contributed by atoms with Gasteiger partial charge in [-0.3, -0.25) is 9.59 Å². The van der Waals surface area contributed by atoms with Gasteiger partial charge in [0.2, 0.25) is 11.8 Å². The molecule has 4 rings (SSSR count). The second kappa shape index (κ2) is 8.31. The molecule has 29 heavy (non-hydrogen) atoms. The Hall–Kier alpha value is -3.41. The summed E-state index contributed by atoms with van der Waals surface area (Å²) in [4.78, 5) is 30.8. The number of hydrogen-bond donors (Lipinski definition) is 0. The number of aromatic nitrogens is 1. The molecule has 6 nitrogen and oxygen atoms in total. The highest BCUT2D eigenvalue weighted by atomic mass is 16.5. The molecule has 1 fully saturated rings. The number of carbonyl (C=O) groups is 2. The largest absolute Gasteiger partial charge is 0.455 e. The molecule has 6 heteroatoms. The van der Waals surface area contributed by atoms with Crippen LogP contribution < -0.4 is 0 Å². The maximum Gasteiger partial charge on any atom is 0.311 e. The molecule has 1 saturated heterocycles. The van der Waals surface area contributed by atoms with Gasteiger partial charge in [-0.2, -0.15) is 0 Å². The molecule has 2 atom stereocenters. The van der Waals surface area contributed by atoms with Crippen LogP contribution in [0.1, 0.15) is 30.8 Å². The molecule has 0 unspecified atom stereocenters. The van der Waals surface area contributed by atoms with E-state index >= 15 is 0 Å². The van der Waals surface area contributed by atoms with Crippen molar-refractivity contribution in [3.63, 3.8) is 0 Å². The van der Waals surface area contributed by atoms with Crippen LogP contribution in [0.4, 0.5) is 0 Å². The summed E-state index contributed by atoms with van der Waals surface area (Å²) in [6, 6.07) is 19.3. The van der Waals surface area contributed by atoms with E-state index < -0.39 is 11.9 Å². The van der Waals surface area contributed by atoms with Crippen LogP contribution in [0.25, 0.3) is 11.3 Å². The second-order valence-corrected chi connectivity index (χ2v) is 7.13. The quantitative estimate of drug-likeness (QED) is 0.595. The van der Waals surface area contributed by atoms with E-state index in [0.29, 0.717) is 18.2 Å². The number of amides is 1. The minimum Gasteiger partial charge on any atom is -0.455 e. The van der Waals surface area contributed by atoms with Crippen LogP contribution >= 0.6 is 0 Å². The zero-order valence-corrected chi connectivity index (χ0v) is 16.2. The summed E-state index contributed by atoms with van der Waals surface area (Å²) < 4.78 is 11.0. The summed E-state index contributed by atoms with van der Waals surface area (Å²) in [5.74, 6) is 0.0372. The molecule has 0 bridgehead atoms. The number of rotatable bonds is 6. The molecular formula is C23H22N2O4. The Morgan fingerprint density at radius 2 is 1.86 bits per heavy atom. The fourth-order valence-electron chi connectivity index (χ4n) is 3.54. The van der Waals surface area contributed by atoms with Crippen molar-refractivity contribution in [3.8, 4) is 11.3 Å². The topological polar surface area (TPSA) is 72.6 Å². The fraction of sp³-hybridized carbons (Fsp3) is 0.261. The lowest BCUT2D eigenvalue weighted by molar-refractivity contribution is -0.150. The lowest BCUT2D eigenvalue weighted by atomic mass is 10.1. The van der Waals surface area contributed by atoms with Gasteiger partial charge in [-0.25, -0.2) is 4.98 Å². The third-order valence-corrected chi connectivity index (χ3v) is 5.19. The van der Waals surface area contributed by atoms with Gasteiger partial charge < -0.3 is 14.1 Å². The zero-order valence-electron chi connectivity index (χ0n) is 16.2. The Balaban J connectivity index is 1.34. The molecule has 2 heterocycles. The molecule has 148 valence electrons. The molecule has 0 saturated carbocycles. The van der Waals surface area contributed by atoms with Crippen molar-refractivity contribution < 1.29 is 18.7 Å². The molecule has 1 aromatic heterocycles. The highest BCUT2D eigenvalue weighted by Crippen LogP contribution is 2.29. The third kappa shape index (κ3) is 4.21. The van der Waals surface area contributed by atoms with Gasteiger partial charge in [0.15, 0.2) is 12.4 Å². The Kier molecular flexibility index (Phi) is 5.42. The van der Waals surface area contributed by atoms with Crippen LogP contribution in [0.2, 0.25) is 0 Å². The van der Waals surface area contributed by atoms with Crippen LogP contribution in [0.15, 0.2) is 71.3 Å². The number of carbonyl (C=O) groups excluding carboxylic acids is 2. The number of ether oxygens (including phenoxy) is 1. The first-order valence-corrected chi connectivity index (χ1v) is 9.63. The van der Waals surface area contributed by atoms with E-state index in [1.807, 2.05) is 67.6 Å². The number of hydrogen-bond acceptors (Lipinski definition) is 5. The lowest BCUT2D eigenvalue weighted by Gasteiger charge is -2.25. The first-order valence-electron chi connectivity index (χ1n) is 9.63. The van der Waals surface area contributed by atoms with Gasteiger partial charge in [0.1, 0.15) is 0 Å². The first kappa shape index (κ1) is 18.9. The number of esters is 1. The van der Waals surface area contributed by atoms with Crippen molar-refractivity contribution in [2.45, 2.75) is 26.0 Å². The van der Waals surface area contributed by atoms with Crippen molar-refractivity contribution in [3.05, 3.63) is 78.3 Å². The van der Waals surface area contributed by atoms with Crippen molar-refractivity contribution in [1.82, 2.24) is 9.88 Å². The molecular weight excluding hydrogens is 368 g/mol. The number of nitrogens with zero attached hydrogens (tertiary/aromatic N) is 2. The summed E-state index contributed by atoms with van der Waals surface area (Å²) in [6.45, 7) is 2.28. The summed E-state index contributed by atoms with van der Waals surface area (Å²) in [5.41, 5.74) is 1.95. The van der Waals surface area contributed by atoms with Gasteiger partial charge in [-0.15, -0.1) is 0 Å². The van der Waals surface area contributed by atoms with Gasteiger partial charge >= 0.3 is 5.97 Å². The maximum absolute atomic E-state index is 12.5. The standard InChI is InChI=1S/C23H22N2O4/c1-16(17-8-4-2-5-9-17)25-14-19(12-22(25)26)23(27)28-15-21-24-13-20(29-21)18-10-6-3-7-11-18/h2-11,13,16,19H,12,14-15H2,1H3/t16-,19-/m1/s1. The van der Waals surface area contributed by atoms with E-state index in [1.165, 1.54) is 0 Å². The molecule has 0 aliphatic carbocycles. The van der Waals surface area contributed by atoms with E-state index in [9.17, 15) is 9.59 Å². The zero-order chi connectivity index (χ0) is 20.2. The highest BCUT2D eigenvalue weighted by molar-refractivity contribution is 5.87. The van der Waals surface area contributed by atoms with Gasteiger partial charge in [0.25, 0.3) is 0 Å².